The first-order valence-corrected chi connectivity index (χ1v) is 11.8. The zero-order valence-electron chi connectivity index (χ0n) is 20.3. The predicted molar refractivity (Wildman–Crippen MR) is 135 cm³/mol. The second-order valence-corrected chi connectivity index (χ2v) is 8.35. The highest BCUT2D eigenvalue weighted by molar-refractivity contribution is 5.91. The van der Waals surface area contributed by atoms with Crippen LogP contribution in [-0.4, -0.2) is 48.1 Å². The number of benzene rings is 2. The SMILES string of the molecule is CCc1cc(NC(=O)N2CCN(c3cccc(OC(C)=O)c3)CC2)c(Oc2ccccc2)nc1C. The second-order valence-electron chi connectivity index (χ2n) is 8.35. The molecular formula is C27H30N4O4. The molecule has 8 heteroatoms. The summed E-state index contributed by atoms with van der Waals surface area (Å²) in [5.41, 5.74) is 3.44. The minimum absolute atomic E-state index is 0.191. The molecule has 1 aromatic heterocycles. The van der Waals surface area contributed by atoms with E-state index < -0.39 is 0 Å². The fraction of sp³-hybridized carbons (Fsp3) is 0.296. The third-order valence-corrected chi connectivity index (χ3v) is 5.87. The van der Waals surface area contributed by atoms with Gasteiger partial charge in [-0.1, -0.05) is 31.2 Å². The Morgan fingerprint density at radius 2 is 1.69 bits per heavy atom. The summed E-state index contributed by atoms with van der Waals surface area (Å²) in [6.45, 7) is 7.82. The van der Waals surface area contributed by atoms with Gasteiger partial charge in [-0.3, -0.25) is 4.79 Å². The van der Waals surface area contributed by atoms with Gasteiger partial charge in [0.05, 0.1) is 0 Å². The summed E-state index contributed by atoms with van der Waals surface area (Å²) in [4.78, 5) is 33.0. The summed E-state index contributed by atoms with van der Waals surface area (Å²) >= 11 is 0. The highest BCUT2D eigenvalue weighted by Crippen LogP contribution is 2.30. The molecule has 1 aliphatic rings. The lowest BCUT2D eigenvalue weighted by Crippen LogP contribution is -2.50. The lowest BCUT2D eigenvalue weighted by atomic mass is 10.1. The summed E-state index contributed by atoms with van der Waals surface area (Å²) in [6.07, 6.45) is 0.804. The second kappa shape index (κ2) is 10.9. The number of carbonyl (C=O) groups excluding carboxylic acids is 2. The zero-order chi connectivity index (χ0) is 24.8. The number of piperazine rings is 1. The van der Waals surface area contributed by atoms with E-state index in [1.165, 1.54) is 6.92 Å². The molecular weight excluding hydrogens is 444 g/mol. The van der Waals surface area contributed by atoms with Crippen molar-refractivity contribution < 1.29 is 19.1 Å². The van der Waals surface area contributed by atoms with Gasteiger partial charge in [0.1, 0.15) is 17.2 Å². The number of nitrogens with one attached hydrogen (secondary N) is 1. The maximum absolute atomic E-state index is 13.1. The topological polar surface area (TPSA) is 84.0 Å². The number of hydrogen-bond acceptors (Lipinski definition) is 6. The van der Waals surface area contributed by atoms with Crippen molar-refractivity contribution in [1.29, 1.82) is 0 Å². The van der Waals surface area contributed by atoms with Crippen LogP contribution in [0.1, 0.15) is 25.1 Å². The van der Waals surface area contributed by atoms with Crippen LogP contribution in [-0.2, 0) is 11.2 Å². The Bertz CT molecular complexity index is 1190. The third-order valence-electron chi connectivity index (χ3n) is 5.87. The molecule has 2 amide bonds. The maximum Gasteiger partial charge on any atom is 0.322 e. The van der Waals surface area contributed by atoms with Gasteiger partial charge in [-0.15, -0.1) is 0 Å². The highest BCUT2D eigenvalue weighted by atomic mass is 16.5. The molecule has 35 heavy (non-hydrogen) atoms. The zero-order valence-corrected chi connectivity index (χ0v) is 20.3. The van der Waals surface area contributed by atoms with E-state index in [1.807, 2.05) is 61.5 Å². The number of urea groups is 1. The highest BCUT2D eigenvalue weighted by Gasteiger charge is 2.23. The van der Waals surface area contributed by atoms with Crippen LogP contribution in [0.2, 0.25) is 0 Å². The molecule has 2 aromatic carbocycles. The Morgan fingerprint density at radius 1 is 0.971 bits per heavy atom. The predicted octanol–water partition coefficient (Wildman–Crippen LogP) is 5.02. The lowest BCUT2D eigenvalue weighted by molar-refractivity contribution is -0.131. The number of esters is 1. The number of hydrogen-bond donors (Lipinski definition) is 1. The smallest absolute Gasteiger partial charge is 0.322 e. The molecule has 0 unspecified atom stereocenters. The molecule has 0 spiro atoms. The third kappa shape index (κ3) is 6.09. The minimum atomic E-state index is -0.351. The van der Waals surface area contributed by atoms with E-state index >= 15 is 0 Å². The number of pyridine rings is 1. The molecule has 4 rings (SSSR count). The average Bonchev–Trinajstić information content (AvgIpc) is 2.86. The first-order valence-electron chi connectivity index (χ1n) is 11.8. The van der Waals surface area contributed by atoms with Gasteiger partial charge in [-0.2, -0.15) is 0 Å². The molecule has 0 atom stereocenters. The monoisotopic (exact) mass is 474 g/mol. The normalized spacial score (nSPS) is 13.3. The van der Waals surface area contributed by atoms with Gasteiger partial charge < -0.3 is 24.6 Å². The number of carbonyl (C=O) groups is 2. The van der Waals surface area contributed by atoms with Gasteiger partial charge in [-0.25, -0.2) is 9.78 Å². The maximum atomic E-state index is 13.1. The molecule has 1 aliphatic heterocycles. The summed E-state index contributed by atoms with van der Waals surface area (Å²) in [5, 5.41) is 3.01. The van der Waals surface area contributed by atoms with Crippen LogP contribution < -0.4 is 19.7 Å². The van der Waals surface area contributed by atoms with Crippen molar-refractivity contribution in [2.24, 2.45) is 0 Å². The van der Waals surface area contributed by atoms with Gasteiger partial charge in [0.15, 0.2) is 0 Å². The van der Waals surface area contributed by atoms with Crippen molar-refractivity contribution in [2.45, 2.75) is 27.2 Å². The number of para-hydroxylation sites is 1. The molecule has 0 aliphatic carbocycles. The number of rotatable bonds is 6. The molecule has 1 fully saturated rings. The summed E-state index contributed by atoms with van der Waals surface area (Å²) in [5.74, 6) is 1.19. The Balaban J connectivity index is 1.43. The number of aromatic nitrogens is 1. The van der Waals surface area contributed by atoms with Crippen LogP contribution in [0.3, 0.4) is 0 Å². The van der Waals surface area contributed by atoms with E-state index in [9.17, 15) is 9.59 Å². The van der Waals surface area contributed by atoms with Gasteiger partial charge in [-0.05, 0) is 49.2 Å². The molecule has 3 aromatic rings. The van der Waals surface area contributed by atoms with E-state index in [0.29, 0.717) is 49.2 Å². The van der Waals surface area contributed by atoms with Crippen LogP contribution in [0.5, 0.6) is 17.4 Å². The van der Waals surface area contributed by atoms with Crippen molar-refractivity contribution in [3.05, 3.63) is 71.9 Å². The van der Waals surface area contributed by atoms with Crippen molar-refractivity contribution in [2.75, 3.05) is 36.4 Å². The number of anilines is 2. The Hall–Kier alpha value is -4.07. The largest absolute Gasteiger partial charge is 0.437 e. The number of aryl methyl sites for hydroxylation is 2. The van der Waals surface area contributed by atoms with Gasteiger partial charge in [0, 0.05) is 50.6 Å². The Labute approximate surface area is 205 Å². The van der Waals surface area contributed by atoms with Crippen LogP contribution in [0.4, 0.5) is 16.2 Å². The fourth-order valence-corrected chi connectivity index (χ4v) is 4.02. The Kier molecular flexibility index (Phi) is 7.50. The van der Waals surface area contributed by atoms with Crippen LogP contribution in [0, 0.1) is 6.92 Å². The van der Waals surface area contributed by atoms with E-state index in [0.717, 1.165) is 23.4 Å². The minimum Gasteiger partial charge on any atom is -0.437 e. The van der Waals surface area contributed by atoms with Crippen LogP contribution >= 0.6 is 0 Å². The summed E-state index contributed by atoms with van der Waals surface area (Å²) in [7, 11) is 0. The lowest BCUT2D eigenvalue weighted by Gasteiger charge is -2.36. The summed E-state index contributed by atoms with van der Waals surface area (Å²) in [6, 6.07) is 18.6. The first-order chi connectivity index (χ1) is 16.9. The standard InChI is InChI=1S/C27H30N4O4/c1-4-21-17-25(26(28-19(21)2)35-23-10-6-5-7-11-23)29-27(33)31-15-13-30(14-16-31)22-9-8-12-24(18-22)34-20(3)32/h5-12,17-18H,4,13-16H2,1-3H3,(H,29,33). The summed E-state index contributed by atoms with van der Waals surface area (Å²) < 4.78 is 11.2. The van der Waals surface area contributed by atoms with Gasteiger partial charge in [0.2, 0.25) is 5.88 Å². The van der Waals surface area contributed by atoms with Crippen molar-refractivity contribution in [3.63, 3.8) is 0 Å². The average molecular weight is 475 g/mol. The molecule has 0 saturated carbocycles. The van der Waals surface area contributed by atoms with Gasteiger partial charge in [0.25, 0.3) is 0 Å². The molecule has 182 valence electrons. The molecule has 2 heterocycles. The van der Waals surface area contributed by atoms with Crippen LogP contribution in [0.15, 0.2) is 60.7 Å². The van der Waals surface area contributed by atoms with E-state index in [4.69, 9.17) is 9.47 Å². The van der Waals surface area contributed by atoms with Crippen LogP contribution in [0.25, 0.3) is 0 Å². The molecule has 0 bridgehead atoms. The van der Waals surface area contributed by atoms with E-state index in [-0.39, 0.29) is 12.0 Å². The quantitative estimate of drug-likeness (QED) is 0.399. The number of amides is 2. The van der Waals surface area contributed by atoms with Crippen molar-refractivity contribution in [1.82, 2.24) is 9.88 Å². The first kappa shape index (κ1) is 24.1. The van der Waals surface area contributed by atoms with E-state index in [1.54, 1.807) is 11.0 Å². The van der Waals surface area contributed by atoms with Gasteiger partial charge >= 0.3 is 12.0 Å². The fourth-order valence-electron chi connectivity index (χ4n) is 4.02. The van der Waals surface area contributed by atoms with Crippen molar-refractivity contribution in [3.8, 4) is 17.4 Å². The number of ether oxygens (including phenoxy) is 2. The molecule has 1 saturated heterocycles. The van der Waals surface area contributed by atoms with E-state index in [2.05, 4.69) is 22.1 Å². The molecule has 1 N–H and O–H groups in total. The van der Waals surface area contributed by atoms with Crippen molar-refractivity contribution >= 4 is 23.4 Å². The number of nitrogens with zero attached hydrogens (tertiary/aromatic N) is 3. The molecule has 8 nitrogen and oxygen atoms in total. The Morgan fingerprint density at radius 3 is 2.37 bits per heavy atom. The molecule has 0 radical (unpaired) electrons.